The summed E-state index contributed by atoms with van der Waals surface area (Å²) in [6, 6.07) is 8.43. The van der Waals surface area contributed by atoms with Gasteiger partial charge in [0.25, 0.3) is 0 Å². The normalized spacial score (nSPS) is 13.9. The van der Waals surface area contributed by atoms with Crippen LogP contribution in [0, 0.1) is 17.1 Å². The number of hydrogen-bond donors (Lipinski definition) is 1. The smallest absolute Gasteiger partial charge is 0.123 e. The molecular formula is C12H16FN3. The van der Waals surface area contributed by atoms with E-state index < -0.39 is 5.54 Å². The predicted molar refractivity (Wildman–Crippen MR) is 62.7 cm³/mol. The fraction of sp³-hybridized carbons (Fsp3) is 0.417. The van der Waals surface area contributed by atoms with Gasteiger partial charge in [0.15, 0.2) is 0 Å². The van der Waals surface area contributed by atoms with Gasteiger partial charge in [-0.2, -0.15) is 5.26 Å². The van der Waals surface area contributed by atoms with E-state index in [0.29, 0.717) is 6.54 Å². The highest BCUT2D eigenvalue weighted by Crippen LogP contribution is 2.15. The van der Waals surface area contributed by atoms with E-state index in [9.17, 15) is 4.39 Å². The van der Waals surface area contributed by atoms with Crippen molar-refractivity contribution in [2.24, 2.45) is 0 Å². The summed E-state index contributed by atoms with van der Waals surface area (Å²) >= 11 is 0. The highest BCUT2D eigenvalue weighted by molar-refractivity contribution is 5.46. The number of likely N-dealkylation sites (N-methyl/N-ethyl adjacent to an activating group) is 2. The molecule has 0 heterocycles. The summed E-state index contributed by atoms with van der Waals surface area (Å²) in [4.78, 5) is 1.92. The molecule has 16 heavy (non-hydrogen) atoms. The van der Waals surface area contributed by atoms with Crippen molar-refractivity contribution in [1.29, 1.82) is 5.26 Å². The van der Waals surface area contributed by atoms with Crippen LogP contribution < -0.4 is 10.2 Å². The largest absolute Gasteiger partial charge is 0.372 e. The number of nitrogens with zero attached hydrogens (tertiary/aromatic N) is 2. The minimum atomic E-state index is -0.608. The van der Waals surface area contributed by atoms with Crippen molar-refractivity contribution in [1.82, 2.24) is 5.32 Å². The Balaban J connectivity index is 2.76. The Morgan fingerprint density at radius 3 is 2.44 bits per heavy atom. The highest BCUT2D eigenvalue weighted by atomic mass is 19.1. The van der Waals surface area contributed by atoms with Gasteiger partial charge in [0, 0.05) is 19.3 Å². The first-order chi connectivity index (χ1) is 7.50. The molecule has 0 bridgehead atoms. The second-order valence-corrected chi connectivity index (χ2v) is 4.03. The topological polar surface area (TPSA) is 39.1 Å². The van der Waals surface area contributed by atoms with Crippen molar-refractivity contribution in [3.8, 4) is 6.07 Å². The number of hydrogen-bond acceptors (Lipinski definition) is 3. The van der Waals surface area contributed by atoms with E-state index >= 15 is 0 Å². The maximum absolute atomic E-state index is 12.7. The van der Waals surface area contributed by atoms with Crippen molar-refractivity contribution >= 4 is 5.69 Å². The monoisotopic (exact) mass is 221 g/mol. The molecule has 0 aromatic heterocycles. The summed E-state index contributed by atoms with van der Waals surface area (Å²) in [7, 11) is 3.63. The Labute approximate surface area is 95.5 Å². The molecule has 0 spiro atoms. The lowest BCUT2D eigenvalue weighted by Gasteiger charge is -2.28. The molecule has 0 saturated heterocycles. The van der Waals surface area contributed by atoms with Crippen molar-refractivity contribution in [3.05, 3.63) is 30.1 Å². The fourth-order valence-corrected chi connectivity index (χ4v) is 1.43. The van der Waals surface area contributed by atoms with Gasteiger partial charge in [0.2, 0.25) is 0 Å². The number of anilines is 1. The van der Waals surface area contributed by atoms with Gasteiger partial charge in [0.05, 0.1) is 6.07 Å². The van der Waals surface area contributed by atoms with E-state index in [-0.39, 0.29) is 5.82 Å². The SMILES string of the molecule is CNC(C)(C#N)CN(C)c1ccc(F)cc1. The summed E-state index contributed by atoms with van der Waals surface area (Å²) in [6.45, 7) is 2.36. The molecule has 1 aromatic carbocycles. The first kappa shape index (κ1) is 12.5. The Morgan fingerprint density at radius 2 is 2.00 bits per heavy atom. The molecule has 0 saturated carbocycles. The number of benzene rings is 1. The summed E-state index contributed by atoms with van der Waals surface area (Å²) in [6.07, 6.45) is 0. The van der Waals surface area contributed by atoms with Gasteiger partial charge in [-0.05, 0) is 38.2 Å². The van der Waals surface area contributed by atoms with E-state index in [0.717, 1.165) is 5.69 Å². The molecule has 0 radical (unpaired) electrons. The minimum absolute atomic E-state index is 0.256. The van der Waals surface area contributed by atoms with Gasteiger partial charge >= 0.3 is 0 Å². The molecule has 3 nitrogen and oxygen atoms in total. The number of rotatable bonds is 4. The molecule has 0 fully saturated rings. The fourth-order valence-electron chi connectivity index (χ4n) is 1.43. The molecule has 1 aromatic rings. The summed E-state index contributed by atoms with van der Waals surface area (Å²) in [5.41, 5.74) is 0.279. The first-order valence-electron chi connectivity index (χ1n) is 5.07. The zero-order chi connectivity index (χ0) is 12.2. The van der Waals surface area contributed by atoms with Gasteiger partial charge in [-0.1, -0.05) is 0 Å². The van der Waals surface area contributed by atoms with Crippen LogP contribution in [0.2, 0.25) is 0 Å². The molecule has 0 aliphatic heterocycles. The summed E-state index contributed by atoms with van der Waals surface area (Å²) < 4.78 is 12.7. The molecule has 0 aliphatic carbocycles. The molecule has 0 amide bonds. The van der Waals surface area contributed by atoms with Crippen LogP contribution in [0.5, 0.6) is 0 Å². The zero-order valence-electron chi connectivity index (χ0n) is 9.79. The molecule has 86 valence electrons. The number of halogens is 1. The zero-order valence-corrected chi connectivity index (χ0v) is 9.79. The van der Waals surface area contributed by atoms with Gasteiger partial charge in [-0.15, -0.1) is 0 Å². The Kier molecular flexibility index (Phi) is 3.86. The quantitative estimate of drug-likeness (QED) is 0.842. The van der Waals surface area contributed by atoms with E-state index in [2.05, 4.69) is 11.4 Å². The second kappa shape index (κ2) is 4.95. The Hall–Kier alpha value is -1.60. The Bertz CT molecular complexity index is 382. The predicted octanol–water partition coefficient (Wildman–Crippen LogP) is 1.76. The second-order valence-electron chi connectivity index (χ2n) is 4.03. The average molecular weight is 221 g/mol. The van der Waals surface area contributed by atoms with E-state index in [1.54, 1.807) is 19.2 Å². The molecule has 1 unspecified atom stereocenters. The summed E-state index contributed by atoms with van der Waals surface area (Å²) in [5.74, 6) is -0.256. The van der Waals surface area contributed by atoms with Crippen molar-refractivity contribution in [2.45, 2.75) is 12.5 Å². The maximum Gasteiger partial charge on any atom is 0.123 e. The van der Waals surface area contributed by atoms with Gasteiger partial charge in [-0.3, -0.25) is 0 Å². The third-order valence-electron chi connectivity index (χ3n) is 2.62. The third kappa shape index (κ3) is 2.94. The minimum Gasteiger partial charge on any atom is -0.372 e. The number of nitrogens with one attached hydrogen (secondary N) is 1. The molecule has 1 N–H and O–H groups in total. The lowest BCUT2D eigenvalue weighted by Crippen LogP contribution is -2.47. The van der Waals surface area contributed by atoms with Crippen molar-refractivity contribution < 1.29 is 4.39 Å². The van der Waals surface area contributed by atoms with Gasteiger partial charge in [-0.25, -0.2) is 4.39 Å². The maximum atomic E-state index is 12.7. The first-order valence-corrected chi connectivity index (χ1v) is 5.07. The standard InChI is InChI=1S/C12H16FN3/c1-12(8-14,15-2)9-16(3)11-6-4-10(13)5-7-11/h4-7,15H,9H2,1-3H3. The van der Waals surface area contributed by atoms with Gasteiger partial charge in [0.1, 0.15) is 11.4 Å². The molecule has 0 aliphatic rings. The van der Waals surface area contributed by atoms with Crippen LogP contribution in [0.25, 0.3) is 0 Å². The van der Waals surface area contributed by atoms with Crippen LogP contribution in [-0.2, 0) is 0 Å². The molecule has 1 atom stereocenters. The lowest BCUT2D eigenvalue weighted by molar-refractivity contribution is 0.492. The molecule has 4 heteroatoms. The van der Waals surface area contributed by atoms with E-state index in [1.807, 2.05) is 18.9 Å². The van der Waals surface area contributed by atoms with Crippen LogP contribution >= 0.6 is 0 Å². The number of nitriles is 1. The van der Waals surface area contributed by atoms with E-state index in [4.69, 9.17) is 5.26 Å². The third-order valence-corrected chi connectivity index (χ3v) is 2.62. The van der Waals surface area contributed by atoms with Crippen LogP contribution in [0.1, 0.15) is 6.92 Å². The lowest BCUT2D eigenvalue weighted by atomic mass is 10.0. The molecule has 1 rings (SSSR count). The van der Waals surface area contributed by atoms with Crippen LogP contribution in [-0.4, -0.2) is 26.2 Å². The van der Waals surface area contributed by atoms with E-state index in [1.165, 1.54) is 12.1 Å². The van der Waals surface area contributed by atoms with Crippen LogP contribution in [0.3, 0.4) is 0 Å². The summed E-state index contributed by atoms with van der Waals surface area (Å²) in [5, 5.41) is 12.0. The average Bonchev–Trinajstić information content (AvgIpc) is 2.29. The van der Waals surface area contributed by atoms with Gasteiger partial charge < -0.3 is 10.2 Å². The van der Waals surface area contributed by atoms with Crippen molar-refractivity contribution in [2.75, 3.05) is 25.5 Å². The van der Waals surface area contributed by atoms with Crippen LogP contribution in [0.4, 0.5) is 10.1 Å². The Morgan fingerprint density at radius 1 is 1.44 bits per heavy atom. The van der Waals surface area contributed by atoms with Crippen LogP contribution in [0.15, 0.2) is 24.3 Å². The highest BCUT2D eigenvalue weighted by Gasteiger charge is 2.23. The molecular weight excluding hydrogens is 205 g/mol. The van der Waals surface area contributed by atoms with Crippen molar-refractivity contribution in [3.63, 3.8) is 0 Å².